The zero-order valence-corrected chi connectivity index (χ0v) is 13.5. The number of furan rings is 1. The second-order valence-electron chi connectivity index (χ2n) is 5.13. The number of halogens is 1. The van der Waals surface area contributed by atoms with Crippen LogP contribution in [0.15, 0.2) is 33.7 Å². The zero-order chi connectivity index (χ0) is 15.1. The molecule has 1 atom stereocenters. The Labute approximate surface area is 135 Å². The third-order valence-electron chi connectivity index (χ3n) is 3.78. The predicted molar refractivity (Wildman–Crippen MR) is 83.6 cm³/mol. The number of anilines is 1. The van der Waals surface area contributed by atoms with E-state index in [1.54, 1.807) is 17.3 Å². The van der Waals surface area contributed by atoms with Crippen molar-refractivity contribution >= 4 is 32.8 Å². The Morgan fingerprint density at radius 2 is 2.27 bits per heavy atom. The van der Waals surface area contributed by atoms with E-state index in [0.717, 1.165) is 33.8 Å². The van der Waals surface area contributed by atoms with E-state index in [1.807, 2.05) is 19.2 Å². The molecular weight excluding hydrogens is 350 g/mol. The molecule has 8 heteroatoms. The van der Waals surface area contributed by atoms with Crippen LogP contribution in [0.25, 0.3) is 11.0 Å². The van der Waals surface area contributed by atoms with Crippen molar-refractivity contribution in [2.75, 3.05) is 24.6 Å². The maximum atomic E-state index is 5.81. The summed E-state index contributed by atoms with van der Waals surface area (Å²) in [5, 5.41) is 5.29. The summed E-state index contributed by atoms with van der Waals surface area (Å²) in [6, 6.07) is 3.81. The molecule has 0 aliphatic carbocycles. The molecule has 1 aliphatic rings. The smallest absolute Gasteiger partial charge is 0.164 e. The third kappa shape index (κ3) is 2.19. The Morgan fingerprint density at radius 1 is 1.36 bits per heavy atom. The molecule has 0 saturated carbocycles. The molecule has 7 nitrogen and oxygen atoms in total. The fourth-order valence-electron chi connectivity index (χ4n) is 2.75. The number of hydrogen-bond acceptors (Lipinski definition) is 6. The molecule has 4 heterocycles. The Morgan fingerprint density at radius 3 is 3.09 bits per heavy atom. The highest BCUT2D eigenvalue weighted by molar-refractivity contribution is 9.10. The number of ether oxygens (including phenoxy) is 1. The number of morpholine rings is 1. The van der Waals surface area contributed by atoms with Gasteiger partial charge < -0.3 is 14.1 Å². The molecule has 3 aromatic heterocycles. The SMILES string of the molecule is Cn1nc(Br)c2c(N3CCOC(c4ccco4)C3)ncnc21. The molecule has 0 radical (unpaired) electrons. The van der Waals surface area contributed by atoms with Crippen LogP contribution in [0.3, 0.4) is 0 Å². The third-order valence-corrected chi connectivity index (χ3v) is 4.34. The van der Waals surface area contributed by atoms with Crippen LogP contribution in [0.2, 0.25) is 0 Å². The van der Waals surface area contributed by atoms with Gasteiger partial charge >= 0.3 is 0 Å². The van der Waals surface area contributed by atoms with Gasteiger partial charge in [-0.3, -0.25) is 0 Å². The summed E-state index contributed by atoms with van der Waals surface area (Å²) in [6.45, 7) is 2.07. The Hall–Kier alpha value is -1.93. The van der Waals surface area contributed by atoms with Gasteiger partial charge in [-0.05, 0) is 28.1 Å². The number of hydrogen-bond donors (Lipinski definition) is 0. The van der Waals surface area contributed by atoms with Gasteiger partial charge in [-0.25, -0.2) is 14.6 Å². The first-order valence-corrected chi connectivity index (χ1v) is 7.76. The molecule has 0 aromatic carbocycles. The normalized spacial score (nSPS) is 19.0. The fourth-order valence-corrected chi connectivity index (χ4v) is 3.35. The predicted octanol–water partition coefficient (Wildman–Crippen LogP) is 2.30. The number of aryl methyl sites for hydroxylation is 1. The zero-order valence-electron chi connectivity index (χ0n) is 11.9. The van der Waals surface area contributed by atoms with Gasteiger partial charge in [0.2, 0.25) is 0 Å². The average molecular weight is 364 g/mol. The largest absolute Gasteiger partial charge is 0.467 e. The molecule has 0 amide bonds. The number of rotatable bonds is 2. The van der Waals surface area contributed by atoms with Crippen LogP contribution < -0.4 is 4.90 Å². The summed E-state index contributed by atoms with van der Waals surface area (Å²) >= 11 is 3.50. The van der Waals surface area contributed by atoms with Crippen molar-refractivity contribution in [3.63, 3.8) is 0 Å². The summed E-state index contributed by atoms with van der Waals surface area (Å²) in [5.41, 5.74) is 0.804. The summed E-state index contributed by atoms with van der Waals surface area (Å²) in [7, 11) is 1.87. The van der Waals surface area contributed by atoms with Gasteiger partial charge in [0.25, 0.3) is 0 Å². The van der Waals surface area contributed by atoms with Crippen LogP contribution in [-0.2, 0) is 11.8 Å². The van der Waals surface area contributed by atoms with Gasteiger partial charge in [0.15, 0.2) is 5.65 Å². The Balaban J connectivity index is 1.72. The highest BCUT2D eigenvalue weighted by atomic mass is 79.9. The molecule has 1 aliphatic heterocycles. The second-order valence-corrected chi connectivity index (χ2v) is 5.88. The first kappa shape index (κ1) is 13.7. The van der Waals surface area contributed by atoms with Crippen LogP contribution in [-0.4, -0.2) is 39.4 Å². The number of fused-ring (bicyclic) bond motifs is 1. The molecule has 114 valence electrons. The van der Waals surface area contributed by atoms with E-state index >= 15 is 0 Å². The van der Waals surface area contributed by atoms with Gasteiger partial charge in [-0.1, -0.05) is 0 Å². The maximum absolute atomic E-state index is 5.81. The Kier molecular flexibility index (Phi) is 3.34. The van der Waals surface area contributed by atoms with E-state index in [9.17, 15) is 0 Å². The summed E-state index contributed by atoms with van der Waals surface area (Å²) in [6.07, 6.45) is 3.14. The lowest BCUT2D eigenvalue weighted by molar-refractivity contribution is 0.0256. The van der Waals surface area contributed by atoms with E-state index < -0.39 is 0 Å². The van der Waals surface area contributed by atoms with Gasteiger partial charge in [0.1, 0.15) is 28.6 Å². The van der Waals surface area contributed by atoms with Crippen molar-refractivity contribution in [2.45, 2.75) is 6.10 Å². The molecule has 0 bridgehead atoms. The molecule has 4 rings (SSSR count). The summed E-state index contributed by atoms with van der Waals surface area (Å²) < 4.78 is 13.8. The van der Waals surface area contributed by atoms with E-state index in [1.165, 1.54) is 0 Å². The van der Waals surface area contributed by atoms with Crippen LogP contribution in [0.1, 0.15) is 11.9 Å². The second kappa shape index (κ2) is 5.36. The quantitative estimate of drug-likeness (QED) is 0.695. The maximum Gasteiger partial charge on any atom is 0.164 e. The van der Waals surface area contributed by atoms with Gasteiger partial charge in [0.05, 0.1) is 24.8 Å². The standard InChI is InChI=1S/C14H14BrN5O2/c1-19-13-11(12(15)18-19)14(17-8-16-13)20-4-6-22-10(7-20)9-3-2-5-21-9/h2-3,5,8,10H,4,6-7H2,1H3. The molecule has 0 spiro atoms. The topological polar surface area (TPSA) is 69.2 Å². The fraction of sp³-hybridized carbons (Fsp3) is 0.357. The van der Waals surface area contributed by atoms with Crippen molar-refractivity contribution in [3.05, 3.63) is 35.1 Å². The Bertz CT molecular complexity index is 801. The van der Waals surface area contributed by atoms with E-state index in [2.05, 4.69) is 35.9 Å². The lowest BCUT2D eigenvalue weighted by atomic mass is 10.2. The molecule has 1 unspecified atom stereocenters. The van der Waals surface area contributed by atoms with Crippen LogP contribution in [0.5, 0.6) is 0 Å². The minimum atomic E-state index is -0.0933. The number of nitrogens with zero attached hydrogens (tertiary/aromatic N) is 5. The van der Waals surface area contributed by atoms with Crippen LogP contribution in [0, 0.1) is 0 Å². The minimum Gasteiger partial charge on any atom is -0.467 e. The van der Waals surface area contributed by atoms with E-state index in [0.29, 0.717) is 13.2 Å². The van der Waals surface area contributed by atoms with Gasteiger partial charge in [0, 0.05) is 13.6 Å². The minimum absolute atomic E-state index is 0.0933. The first-order valence-electron chi connectivity index (χ1n) is 6.97. The van der Waals surface area contributed by atoms with Crippen molar-refractivity contribution in [1.29, 1.82) is 0 Å². The number of aromatic nitrogens is 4. The molecule has 22 heavy (non-hydrogen) atoms. The van der Waals surface area contributed by atoms with Crippen molar-refractivity contribution in [3.8, 4) is 0 Å². The van der Waals surface area contributed by atoms with E-state index in [-0.39, 0.29) is 6.10 Å². The van der Waals surface area contributed by atoms with Crippen LogP contribution >= 0.6 is 15.9 Å². The highest BCUT2D eigenvalue weighted by Crippen LogP contribution is 2.32. The van der Waals surface area contributed by atoms with Gasteiger partial charge in [-0.15, -0.1) is 0 Å². The molecular formula is C14H14BrN5O2. The van der Waals surface area contributed by atoms with E-state index in [4.69, 9.17) is 9.15 Å². The van der Waals surface area contributed by atoms with Gasteiger partial charge in [-0.2, -0.15) is 5.10 Å². The first-order chi connectivity index (χ1) is 10.7. The lowest BCUT2D eigenvalue weighted by Crippen LogP contribution is -2.38. The molecule has 0 N–H and O–H groups in total. The average Bonchev–Trinajstić information content (AvgIpc) is 3.17. The molecule has 1 fully saturated rings. The summed E-state index contributed by atoms with van der Waals surface area (Å²) in [4.78, 5) is 11.0. The molecule has 3 aromatic rings. The summed E-state index contributed by atoms with van der Waals surface area (Å²) in [5.74, 6) is 1.70. The monoisotopic (exact) mass is 363 g/mol. The lowest BCUT2D eigenvalue weighted by Gasteiger charge is -2.33. The van der Waals surface area contributed by atoms with Crippen molar-refractivity contribution in [2.24, 2.45) is 7.05 Å². The van der Waals surface area contributed by atoms with Crippen molar-refractivity contribution in [1.82, 2.24) is 19.7 Å². The van der Waals surface area contributed by atoms with Crippen LogP contribution in [0.4, 0.5) is 5.82 Å². The van der Waals surface area contributed by atoms with Crippen molar-refractivity contribution < 1.29 is 9.15 Å². The highest BCUT2D eigenvalue weighted by Gasteiger charge is 2.27. The molecule has 1 saturated heterocycles.